The minimum atomic E-state index is 0.00449. The molecule has 0 unspecified atom stereocenters. The molecule has 2 bridgehead atoms. The van der Waals surface area contributed by atoms with Crippen LogP contribution in [0.2, 0.25) is 0 Å². The largest absolute Gasteiger partial charge is 0.348 e. The monoisotopic (exact) mass is 256 g/mol. The number of nitrogens with one attached hydrogen (secondary N) is 2. The highest BCUT2D eigenvalue weighted by Gasteiger charge is 2.39. The van der Waals surface area contributed by atoms with E-state index >= 15 is 0 Å². The molecule has 5 heteroatoms. The number of aromatic nitrogens is 2. The van der Waals surface area contributed by atoms with E-state index in [4.69, 9.17) is 0 Å². The molecular weight excluding hydrogens is 240 g/mol. The van der Waals surface area contributed by atoms with Crippen LogP contribution in [0.1, 0.15) is 23.2 Å². The molecule has 2 aromatic rings. The molecule has 0 spiro atoms. The van der Waals surface area contributed by atoms with Gasteiger partial charge in [0.05, 0.1) is 0 Å². The Labute approximate surface area is 111 Å². The van der Waals surface area contributed by atoms with Crippen molar-refractivity contribution in [3.8, 4) is 0 Å². The van der Waals surface area contributed by atoms with Crippen LogP contribution < -0.4 is 10.6 Å². The van der Waals surface area contributed by atoms with Crippen LogP contribution in [0.4, 0.5) is 0 Å². The van der Waals surface area contributed by atoms with E-state index in [-0.39, 0.29) is 11.9 Å². The highest BCUT2D eigenvalue weighted by Crippen LogP contribution is 2.31. The first-order chi connectivity index (χ1) is 9.29. The summed E-state index contributed by atoms with van der Waals surface area (Å²) in [7, 11) is 0. The Morgan fingerprint density at radius 2 is 2.37 bits per heavy atom. The molecule has 0 radical (unpaired) electrons. The van der Waals surface area contributed by atoms with E-state index in [0.717, 1.165) is 24.5 Å². The van der Waals surface area contributed by atoms with Crippen LogP contribution in [-0.2, 0) is 0 Å². The summed E-state index contributed by atoms with van der Waals surface area (Å²) in [6, 6.07) is 4.41. The highest BCUT2D eigenvalue weighted by atomic mass is 16.1. The minimum Gasteiger partial charge on any atom is -0.348 e. The van der Waals surface area contributed by atoms with Crippen molar-refractivity contribution in [3.63, 3.8) is 0 Å². The predicted octanol–water partition coefficient (Wildman–Crippen LogP) is 0.814. The van der Waals surface area contributed by atoms with Gasteiger partial charge in [-0.3, -0.25) is 4.79 Å². The molecule has 1 saturated carbocycles. The summed E-state index contributed by atoms with van der Waals surface area (Å²) in [5, 5.41) is 6.60. The van der Waals surface area contributed by atoms with Gasteiger partial charge in [-0.25, -0.2) is 4.98 Å². The number of carbonyl (C=O) groups is 1. The number of amides is 1. The van der Waals surface area contributed by atoms with E-state index in [9.17, 15) is 4.79 Å². The Kier molecular flexibility index (Phi) is 2.35. The van der Waals surface area contributed by atoms with Crippen LogP contribution in [-0.4, -0.2) is 33.9 Å². The highest BCUT2D eigenvalue weighted by molar-refractivity contribution is 5.95. The summed E-state index contributed by atoms with van der Waals surface area (Å²) in [5.41, 5.74) is 1.49. The van der Waals surface area contributed by atoms with Crippen molar-refractivity contribution in [1.82, 2.24) is 20.0 Å². The number of imidazole rings is 1. The SMILES string of the molecule is O=C(N[C@H]1C[C@H]2CN[C@H]1C2)c1ccn2ccnc2c1. The Bertz CT molecular complexity index is 635. The lowest BCUT2D eigenvalue weighted by molar-refractivity contribution is 0.0928. The van der Waals surface area contributed by atoms with Gasteiger partial charge in [-0.05, 0) is 37.4 Å². The molecule has 3 heterocycles. The van der Waals surface area contributed by atoms with E-state index in [2.05, 4.69) is 15.6 Å². The summed E-state index contributed by atoms with van der Waals surface area (Å²) in [6.07, 6.45) is 7.78. The van der Waals surface area contributed by atoms with Crippen molar-refractivity contribution in [2.24, 2.45) is 5.92 Å². The maximum Gasteiger partial charge on any atom is 0.251 e. The van der Waals surface area contributed by atoms with Crippen LogP contribution in [0.5, 0.6) is 0 Å². The van der Waals surface area contributed by atoms with Crippen LogP contribution >= 0.6 is 0 Å². The number of hydrogen-bond acceptors (Lipinski definition) is 3. The van der Waals surface area contributed by atoms with Gasteiger partial charge in [0.25, 0.3) is 5.91 Å². The maximum atomic E-state index is 12.3. The lowest BCUT2D eigenvalue weighted by Crippen LogP contribution is -2.47. The van der Waals surface area contributed by atoms with E-state index in [1.54, 1.807) is 6.20 Å². The Balaban J connectivity index is 1.53. The molecule has 98 valence electrons. The van der Waals surface area contributed by atoms with E-state index < -0.39 is 0 Å². The number of piperidine rings is 1. The molecule has 0 aromatic carbocycles. The summed E-state index contributed by atoms with van der Waals surface area (Å²) < 4.78 is 1.90. The van der Waals surface area contributed by atoms with Crippen molar-refractivity contribution in [1.29, 1.82) is 0 Å². The van der Waals surface area contributed by atoms with E-state index in [1.807, 2.05) is 28.9 Å². The summed E-state index contributed by atoms with van der Waals surface area (Å²) in [4.78, 5) is 16.5. The van der Waals surface area contributed by atoms with Crippen molar-refractivity contribution in [2.75, 3.05) is 6.54 Å². The van der Waals surface area contributed by atoms with Gasteiger partial charge in [-0.1, -0.05) is 0 Å². The topological polar surface area (TPSA) is 58.4 Å². The third-order valence-electron chi connectivity index (χ3n) is 4.31. The molecular formula is C14H16N4O. The van der Waals surface area contributed by atoms with Crippen LogP contribution in [0, 0.1) is 5.92 Å². The van der Waals surface area contributed by atoms with Gasteiger partial charge >= 0.3 is 0 Å². The van der Waals surface area contributed by atoms with Gasteiger partial charge in [0, 0.05) is 36.2 Å². The zero-order valence-corrected chi connectivity index (χ0v) is 10.5. The second-order valence-electron chi connectivity index (χ2n) is 5.54. The number of hydrogen-bond donors (Lipinski definition) is 2. The first-order valence-electron chi connectivity index (χ1n) is 6.76. The van der Waals surface area contributed by atoms with E-state index in [0.29, 0.717) is 11.6 Å². The van der Waals surface area contributed by atoms with Crippen molar-refractivity contribution < 1.29 is 4.79 Å². The third kappa shape index (κ3) is 1.81. The summed E-state index contributed by atoms with van der Waals surface area (Å²) >= 11 is 0. The second kappa shape index (κ2) is 4.06. The first-order valence-corrected chi connectivity index (χ1v) is 6.76. The van der Waals surface area contributed by atoms with Crippen molar-refractivity contribution >= 4 is 11.6 Å². The average Bonchev–Trinajstić information content (AvgIpc) is 3.13. The number of carbonyl (C=O) groups excluding carboxylic acids is 1. The number of rotatable bonds is 2. The smallest absolute Gasteiger partial charge is 0.251 e. The normalized spacial score (nSPS) is 28.9. The molecule has 1 amide bonds. The van der Waals surface area contributed by atoms with Gasteiger partial charge < -0.3 is 15.0 Å². The molecule has 2 fully saturated rings. The summed E-state index contributed by atoms with van der Waals surface area (Å²) in [6.45, 7) is 1.11. The molecule has 1 aliphatic carbocycles. The van der Waals surface area contributed by atoms with Gasteiger partial charge in [0.2, 0.25) is 0 Å². The van der Waals surface area contributed by atoms with Gasteiger partial charge in [0.15, 0.2) is 0 Å². The Morgan fingerprint density at radius 3 is 3.16 bits per heavy atom. The quantitative estimate of drug-likeness (QED) is 0.836. The molecule has 19 heavy (non-hydrogen) atoms. The first kappa shape index (κ1) is 11.0. The fourth-order valence-electron chi connectivity index (χ4n) is 3.32. The molecule has 1 aliphatic heterocycles. The lowest BCUT2D eigenvalue weighted by Gasteiger charge is -2.23. The molecule has 2 aliphatic rings. The standard InChI is InChI=1S/C14H16N4O/c19-14(17-12-6-9-5-11(12)16-8-9)10-1-3-18-4-2-15-13(18)7-10/h1-4,7,9,11-12,16H,5-6,8H2,(H,17,19)/t9-,11-,12-/m0/s1. The molecule has 2 aromatic heterocycles. The van der Waals surface area contributed by atoms with Gasteiger partial charge in [0.1, 0.15) is 5.65 Å². The van der Waals surface area contributed by atoms with Gasteiger partial charge in [-0.15, -0.1) is 0 Å². The molecule has 2 N–H and O–H groups in total. The number of nitrogens with zero attached hydrogens (tertiary/aromatic N) is 2. The Hall–Kier alpha value is -1.88. The van der Waals surface area contributed by atoms with Crippen LogP contribution in [0.25, 0.3) is 5.65 Å². The molecule has 4 rings (SSSR count). The zero-order chi connectivity index (χ0) is 12.8. The Morgan fingerprint density at radius 1 is 1.42 bits per heavy atom. The summed E-state index contributed by atoms with van der Waals surface area (Å²) in [5.74, 6) is 0.745. The van der Waals surface area contributed by atoms with E-state index in [1.165, 1.54) is 6.42 Å². The van der Waals surface area contributed by atoms with Crippen LogP contribution in [0.15, 0.2) is 30.7 Å². The fraction of sp³-hybridized carbons (Fsp3) is 0.429. The maximum absolute atomic E-state index is 12.3. The average molecular weight is 256 g/mol. The predicted molar refractivity (Wildman–Crippen MR) is 71.0 cm³/mol. The second-order valence-corrected chi connectivity index (χ2v) is 5.54. The molecule has 3 atom stereocenters. The van der Waals surface area contributed by atoms with Crippen molar-refractivity contribution in [2.45, 2.75) is 24.9 Å². The lowest BCUT2D eigenvalue weighted by atomic mass is 10.1. The minimum absolute atomic E-state index is 0.00449. The number of fused-ring (bicyclic) bond motifs is 3. The molecule has 1 saturated heterocycles. The molecule has 5 nitrogen and oxygen atoms in total. The van der Waals surface area contributed by atoms with Crippen LogP contribution in [0.3, 0.4) is 0 Å². The number of pyridine rings is 1. The zero-order valence-electron chi connectivity index (χ0n) is 10.5. The van der Waals surface area contributed by atoms with Gasteiger partial charge in [-0.2, -0.15) is 0 Å². The fourth-order valence-corrected chi connectivity index (χ4v) is 3.32. The van der Waals surface area contributed by atoms with Crippen molar-refractivity contribution in [3.05, 3.63) is 36.3 Å². The third-order valence-corrected chi connectivity index (χ3v) is 4.31.